The number of ketones is 1. The van der Waals surface area contributed by atoms with Crippen molar-refractivity contribution >= 4 is 47.0 Å². The van der Waals surface area contributed by atoms with Gasteiger partial charge in [0.2, 0.25) is 23.6 Å². The molecule has 7 N–H and O–H groups in total. The number of carbonyl (C=O) groups excluding carboxylic acids is 7. The number of ether oxygens (including phenoxy) is 1. The number of hydrogen-bond acceptors (Lipinski definition) is 13. The highest BCUT2D eigenvalue weighted by molar-refractivity contribution is 6.22. The second-order valence-corrected chi connectivity index (χ2v) is 15.8. The Kier molecular flexibility index (Phi) is 11.8. The SMILES string of the molecule is CC(C)C[C@@H]1NC(=O)[C@H]2C[C@@H](O)CNN2C(=O)[C@H](C(C)C)OC(=O)[C@@H](C(C)C)NC(=O)[C@H]2C[C@@]3(O)C4=CC(=O)C=CC4=N[C@H]3N2C(=O)[C@@H]([C@H](C)O)NC1=O. The number of β-amino-alcohol motifs (C(OH)–C–C–N with tert-alkyl or cyclic N) is 1. The molecule has 0 aromatic carbocycles. The van der Waals surface area contributed by atoms with Gasteiger partial charge in [0.05, 0.1) is 17.9 Å². The summed E-state index contributed by atoms with van der Waals surface area (Å²) in [5.74, 6) is -7.28. The molecule has 0 spiro atoms. The average Bonchev–Trinajstić information content (AvgIpc) is 3.54. The Hall–Kier alpha value is -4.52. The predicted octanol–water partition coefficient (Wildman–Crippen LogP) is -2.25. The molecule has 3 saturated heterocycles. The van der Waals surface area contributed by atoms with Crippen molar-refractivity contribution < 1.29 is 53.6 Å². The normalized spacial score (nSPS) is 34.6. The predicted molar refractivity (Wildman–Crippen MR) is 189 cm³/mol. The minimum absolute atomic E-state index is 0.0526. The molecule has 3 fully saturated rings. The molecule has 0 radical (unpaired) electrons. The van der Waals surface area contributed by atoms with Gasteiger partial charge in [-0.25, -0.2) is 10.2 Å². The van der Waals surface area contributed by atoms with E-state index < -0.39 is 120 Å². The fourth-order valence-electron chi connectivity index (χ4n) is 7.46. The third kappa shape index (κ3) is 7.83. The fraction of sp³-hybridized carbons (Fsp3) is 0.667. The molecule has 0 bridgehead atoms. The Morgan fingerprint density at radius 1 is 0.870 bits per heavy atom. The van der Waals surface area contributed by atoms with Gasteiger partial charge in [0.25, 0.3) is 5.91 Å². The van der Waals surface area contributed by atoms with Crippen LogP contribution in [-0.2, 0) is 38.3 Å². The molecular weight excluding hydrogens is 706 g/mol. The van der Waals surface area contributed by atoms with Crippen LogP contribution >= 0.6 is 0 Å². The molecule has 0 saturated carbocycles. The Morgan fingerprint density at radius 2 is 1.52 bits per heavy atom. The van der Waals surface area contributed by atoms with Crippen molar-refractivity contribution in [2.24, 2.45) is 22.7 Å². The number of hydrazine groups is 1. The number of cyclic esters (lactones) is 1. The van der Waals surface area contributed by atoms with Crippen molar-refractivity contribution in [1.29, 1.82) is 0 Å². The molecular formula is C36H51N7O11. The van der Waals surface area contributed by atoms with E-state index in [4.69, 9.17) is 4.74 Å². The van der Waals surface area contributed by atoms with Crippen molar-refractivity contribution in [1.82, 2.24) is 31.3 Å². The Balaban J connectivity index is 1.62. The minimum Gasteiger partial charge on any atom is -0.450 e. The summed E-state index contributed by atoms with van der Waals surface area (Å²) >= 11 is 0. The Labute approximate surface area is 312 Å². The van der Waals surface area contributed by atoms with Crippen molar-refractivity contribution in [3.05, 3.63) is 23.8 Å². The van der Waals surface area contributed by atoms with Crippen LogP contribution < -0.4 is 21.4 Å². The molecule has 0 unspecified atom stereocenters. The number of hydrogen-bond donors (Lipinski definition) is 7. The quantitative estimate of drug-likeness (QED) is 0.116. The van der Waals surface area contributed by atoms with Gasteiger partial charge in [0.15, 0.2) is 18.1 Å². The van der Waals surface area contributed by atoms with Gasteiger partial charge in [-0.3, -0.25) is 38.8 Å². The number of nitrogens with zero attached hydrogens (tertiary/aromatic N) is 3. The summed E-state index contributed by atoms with van der Waals surface area (Å²) in [7, 11) is 0. The molecule has 4 heterocycles. The van der Waals surface area contributed by atoms with Gasteiger partial charge in [-0.05, 0) is 49.3 Å². The summed E-state index contributed by atoms with van der Waals surface area (Å²) in [5.41, 5.74) is 0.983. The summed E-state index contributed by atoms with van der Waals surface area (Å²) in [4.78, 5) is 103. The number of nitrogens with one attached hydrogen (secondary N) is 4. The molecule has 0 aromatic heterocycles. The highest BCUT2D eigenvalue weighted by Crippen LogP contribution is 2.46. The molecule has 54 heavy (non-hydrogen) atoms. The third-order valence-electron chi connectivity index (χ3n) is 10.3. The van der Waals surface area contributed by atoms with Crippen molar-refractivity contribution in [2.45, 2.75) is 128 Å². The highest BCUT2D eigenvalue weighted by Gasteiger charge is 2.62. The van der Waals surface area contributed by atoms with E-state index in [0.29, 0.717) is 0 Å². The number of rotatable bonds is 5. The van der Waals surface area contributed by atoms with Crippen LogP contribution in [0.2, 0.25) is 0 Å². The third-order valence-corrected chi connectivity index (χ3v) is 10.3. The number of aliphatic hydroxyl groups is 3. The zero-order valence-corrected chi connectivity index (χ0v) is 31.4. The molecule has 18 heteroatoms. The number of esters is 1. The molecule has 10 atom stereocenters. The number of carbonyl (C=O) groups is 7. The minimum atomic E-state index is -2.04. The van der Waals surface area contributed by atoms with Crippen molar-refractivity contribution in [3.8, 4) is 0 Å². The van der Waals surface area contributed by atoms with Gasteiger partial charge in [0, 0.05) is 25.0 Å². The van der Waals surface area contributed by atoms with Gasteiger partial charge in [0.1, 0.15) is 35.8 Å². The number of fused-ring (bicyclic) bond motifs is 6. The largest absolute Gasteiger partial charge is 0.450 e. The summed E-state index contributed by atoms with van der Waals surface area (Å²) in [6.07, 6.45) is -2.44. The number of aliphatic imine (C=N–C) groups is 1. The Morgan fingerprint density at radius 3 is 2.13 bits per heavy atom. The Bertz CT molecular complexity index is 1670. The molecule has 18 nitrogen and oxygen atoms in total. The molecule has 5 rings (SSSR count). The summed E-state index contributed by atoms with van der Waals surface area (Å²) in [5, 5.41) is 42.3. The average molecular weight is 758 g/mol. The van der Waals surface area contributed by atoms with E-state index >= 15 is 0 Å². The van der Waals surface area contributed by atoms with E-state index in [1.165, 1.54) is 19.1 Å². The van der Waals surface area contributed by atoms with E-state index in [-0.39, 0.29) is 36.6 Å². The molecule has 296 valence electrons. The van der Waals surface area contributed by atoms with Gasteiger partial charge in [-0.2, -0.15) is 0 Å². The van der Waals surface area contributed by atoms with Crippen LogP contribution in [-0.4, -0.2) is 139 Å². The maximum absolute atomic E-state index is 14.6. The van der Waals surface area contributed by atoms with E-state index in [0.717, 1.165) is 16.0 Å². The van der Waals surface area contributed by atoms with Crippen LogP contribution in [0.5, 0.6) is 0 Å². The first-order chi connectivity index (χ1) is 25.2. The van der Waals surface area contributed by atoms with Crippen molar-refractivity contribution in [3.63, 3.8) is 0 Å². The smallest absolute Gasteiger partial charge is 0.329 e. The summed E-state index contributed by atoms with van der Waals surface area (Å²) in [6.45, 7) is 11.2. The van der Waals surface area contributed by atoms with E-state index in [9.17, 15) is 48.9 Å². The van der Waals surface area contributed by atoms with Gasteiger partial charge in [-0.1, -0.05) is 41.5 Å². The van der Waals surface area contributed by atoms with E-state index in [1.807, 2.05) is 0 Å². The van der Waals surface area contributed by atoms with Gasteiger partial charge in [-0.15, -0.1) is 0 Å². The number of aliphatic hydroxyl groups excluding tert-OH is 2. The van der Waals surface area contributed by atoms with Crippen molar-refractivity contribution in [2.75, 3.05) is 6.54 Å². The van der Waals surface area contributed by atoms with E-state index in [1.54, 1.807) is 41.5 Å². The standard InChI is InChI=1S/C36H51N7O11/c1-15(2)10-23-29(47)41-27(18(7)44)32(50)42-25(13-36(53)21-11-19(45)8-9-22(21)39-35(36)42)31(49)40-26(16(3)4)34(52)54-28(17(5)6)33(51)43-24(30(48)38-23)12-20(46)14-37-43/h8-9,11,15-18,20,23-28,35,37,44,46,53H,10,12-14H2,1-7H3,(H,38,48)(H,40,49)(H,41,47)/t18-,20+,23-,24+,25+,26+,27+,28-,35-,36+/m0/s1. The lowest BCUT2D eigenvalue weighted by molar-refractivity contribution is -0.172. The molecule has 0 aromatic rings. The lowest BCUT2D eigenvalue weighted by Gasteiger charge is -2.40. The zero-order chi connectivity index (χ0) is 40.0. The number of amides is 5. The molecule has 4 aliphatic heterocycles. The van der Waals surface area contributed by atoms with E-state index in [2.05, 4.69) is 26.4 Å². The van der Waals surface area contributed by atoms with Crippen LogP contribution in [0.4, 0.5) is 0 Å². The van der Waals surface area contributed by atoms with Crippen LogP contribution in [0.25, 0.3) is 0 Å². The fourth-order valence-corrected chi connectivity index (χ4v) is 7.46. The molecule has 5 amide bonds. The monoisotopic (exact) mass is 757 g/mol. The number of allylic oxidation sites excluding steroid dienone is 3. The van der Waals surface area contributed by atoms with Gasteiger partial charge >= 0.3 is 5.97 Å². The first-order valence-electron chi connectivity index (χ1n) is 18.4. The zero-order valence-electron chi connectivity index (χ0n) is 31.4. The van der Waals surface area contributed by atoms with Crippen LogP contribution in [0, 0.1) is 17.8 Å². The maximum atomic E-state index is 14.6. The summed E-state index contributed by atoms with van der Waals surface area (Å²) < 4.78 is 5.77. The molecule has 5 aliphatic rings. The summed E-state index contributed by atoms with van der Waals surface area (Å²) in [6, 6.07) is -7.32. The second-order valence-electron chi connectivity index (χ2n) is 15.8. The first kappa shape index (κ1) is 40.7. The topological polar surface area (TPSA) is 256 Å². The molecule has 1 aliphatic carbocycles. The lowest BCUT2D eigenvalue weighted by Crippen LogP contribution is -2.66. The lowest BCUT2D eigenvalue weighted by atomic mass is 9.85. The maximum Gasteiger partial charge on any atom is 0.329 e. The highest BCUT2D eigenvalue weighted by atomic mass is 16.6. The second kappa shape index (κ2) is 15.7. The van der Waals surface area contributed by atoms with Crippen LogP contribution in [0.15, 0.2) is 28.8 Å². The first-order valence-corrected chi connectivity index (χ1v) is 18.4. The van der Waals surface area contributed by atoms with Crippen LogP contribution in [0.1, 0.15) is 67.7 Å². The van der Waals surface area contributed by atoms with Gasteiger partial charge < -0.3 is 40.9 Å². The van der Waals surface area contributed by atoms with Crippen LogP contribution in [0.3, 0.4) is 0 Å².